The number of rotatable bonds is 2. The van der Waals surface area contributed by atoms with Crippen molar-refractivity contribution >= 4 is 28.8 Å². The van der Waals surface area contributed by atoms with Gasteiger partial charge in [-0.25, -0.2) is 9.97 Å². The summed E-state index contributed by atoms with van der Waals surface area (Å²) in [5, 5.41) is 12.9. The van der Waals surface area contributed by atoms with Crippen LogP contribution in [0, 0.1) is 0 Å². The summed E-state index contributed by atoms with van der Waals surface area (Å²) in [5.74, 6) is 0. The van der Waals surface area contributed by atoms with E-state index in [4.69, 9.17) is 16.8 Å². The maximum Gasteiger partial charge on any atom is 0.146 e. The zero-order valence-electron chi connectivity index (χ0n) is 9.26. The number of halogens is 1. The zero-order chi connectivity index (χ0) is 12.0. The van der Waals surface area contributed by atoms with Gasteiger partial charge in [-0.15, -0.1) is 0 Å². The van der Waals surface area contributed by atoms with E-state index in [-0.39, 0.29) is 5.54 Å². The maximum atomic E-state index is 8.67. The Morgan fingerprint density at radius 1 is 1.53 bits per heavy atom. The lowest BCUT2D eigenvalue weighted by Gasteiger charge is -2.11. The van der Waals surface area contributed by atoms with Crippen LogP contribution >= 0.6 is 11.6 Å². The highest BCUT2D eigenvalue weighted by atomic mass is 35.5. The Labute approximate surface area is 103 Å². The Balaban J connectivity index is 2.34. The van der Waals surface area contributed by atoms with Gasteiger partial charge in [0.05, 0.1) is 11.6 Å². The van der Waals surface area contributed by atoms with Crippen LogP contribution in [-0.4, -0.2) is 26.0 Å². The van der Waals surface area contributed by atoms with Crippen LogP contribution in [0.2, 0.25) is 5.15 Å². The Morgan fingerprint density at radius 3 is 2.94 bits per heavy atom. The third-order valence-electron chi connectivity index (χ3n) is 3.32. The van der Waals surface area contributed by atoms with E-state index in [0.29, 0.717) is 5.15 Å². The molecule has 6 heteroatoms. The van der Waals surface area contributed by atoms with Gasteiger partial charge in [-0.3, -0.25) is 0 Å². The summed E-state index contributed by atoms with van der Waals surface area (Å²) in [6, 6.07) is 0. The van der Waals surface area contributed by atoms with Crippen LogP contribution in [-0.2, 0) is 5.54 Å². The zero-order valence-corrected chi connectivity index (χ0v) is 10.0. The van der Waals surface area contributed by atoms with Gasteiger partial charge < -0.3 is 9.77 Å². The molecule has 0 unspecified atom stereocenters. The topological polar surface area (TPSA) is 63.3 Å². The van der Waals surface area contributed by atoms with Crippen molar-refractivity contribution < 1.29 is 5.21 Å². The third-order valence-corrected chi connectivity index (χ3v) is 3.60. The molecule has 2 aromatic rings. The smallest absolute Gasteiger partial charge is 0.146 e. The molecule has 17 heavy (non-hydrogen) atoms. The van der Waals surface area contributed by atoms with Crippen LogP contribution in [0.15, 0.2) is 17.7 Å². The quantitative estimate of drug-likeness (QED) is 0.385. The number of aromatic nitrogens is 3. The summed E-state index contributed by atoms with van der Waals surface area (Å²) in [5.41, 5.74) is 1.64. The van der Waals surface area contributed by atoms with Gasteiger partial charge in [0.1, 0.15) is 17.1 Å². The molecular weight excluding hydrogens is 240 g/mol. The van der Waals surface area contributed by atoms with Crippen molar-refractivity contribution in [3.63, 3.8) is 0 Å². The predicted octanol–water partition coefficient (Wildman–Crippen LogP) is 2.40. The van der Waals surface area contributed by atoms with Crippen LogP contribution in [0.25, 0.3) is 11.0 Å². The second kappa shape index (κ2) is 3.43. The van der Waals surface area contributed by atoms with Crippen molar-refractivity contribution in [3.05, 3.63) is 23.2 Å². The van der Waals surface area contributed by atoms with Crippen molar-refractivity contribution in [2.24, 2.45) is 5.16 Å². The molecular formula is C11H11ClN4O. The second-order valence-corrected chi connectivity index (χ2v) is 4.92. The highest BCUT2D eigenvalue weighted by molar-refractivity contribution is 6.35. The van der Waals surface area contributed by atoms with Crippen molar-refractivity contribution in [3.8, 4) is 0 Å². The van der Waals surface area contributed by atoms with Crippen LogP contribution in [0.4, 0.5) is 0 Å². The largest absolute Gasteiger partial charge is 0.411 e. The first-order valence-corrected chi connectivity index (χ1v) is 5.73. The SMILES string of the molecule is CC1(n2cc(/C=N/O)c3c(Cl)ncnc32)CC1. The fourth-order valence-electron chi connectivity index (χ4n) is 2.04. The summed E-state index contributed by atoms with van der Waals surface area (Å²) < 4.78 is 2.09. The standard InChI is InChI=1S/C11H11ClN4O/c1-11(2-3-11)16-5-7(4-15-17)8-9(12)13-6-14-10(8)16/h4-6,17H,2-3H2,1H3/b15-4+. The molecule has 88 valence electrons. The number of hydrogen-bond acceptors (Lipinski definition) is 4. The molecule has 0 amide bonds. The highest BCUT2D eigenvalue weighted by Crippen LogP contribution is 2.45. The minimum atomic E-state index is 0.109. The molecule has 0 aliphatic heterocycles. The Hall–Kier alpha value is -1.62. The van der Waals surface area contributed by atoms with Gasteiger partial charge in [0.25, 0.3) is 0 Å². The average Bonchev–Trinajstić information content (AvgIpc) is 2.92. The number of hydrogen-bond donors (Lipinski definition) is 1. The average molecular weight is 251 g/mol. The normalized spacial score (nSPS) is 18.0. The molecule has 3 rings (SSSR count). The van der Waals surface area contributed by atoms with Gasteiger partial charge >= 0.3 is 0 Å². The lowest BCUT2D eigenvalue weighted by atomic mass is 10.3. The molecule has 0 radical (unpaired) electrons. The fraction of sp³-hybridized carbons (Fsp3) is 0.364. The van der Waals surface area contributed by atoms with Gasteiger partial charge in [0.2, 0.25) is 0 Å². The van der Waals surface area contributed by atoms with Gasteiger partial charge in [-0.2, -0.15) is 0 Å². The molecule has 2 aromatic heterocycles. The van der Waals surface area contributed by atoms with Crippen LogP contribution in [0.3, 0.4) is 0 Å². The Kier molecular flexibility index (Phi) is 2.13. The van der Waals surface area contributed by atoms with Crippen molar-refractivity contribution in [2.75, 3.05) is 0 Å². The summed E-state index contributed by atoms with van der Waals surface area (Å²) in [6.45, 7) is 2.17. The van der Waals surface area contributed by atoms with E-state index in [1.165, 1.54) is 12.5 Å². The van der Waals surface area contributed by atoms with Crippen LogP contribution in [0.5, 0.6) is 0 Å². The molecule has 1 aliphatic rings. The molecule has 0 spiro atoms. The van der Waals surface area contributed by atoms with E-state index in [1.54, 1.807) is 0 Å². The summed E-state index contributed by atoms with van der Waals surface area (Å²) in [6.07, 6.45) is 6.97. The highest BCUT2D eigenvalue weighted by Gasteiger charge is 2.40. The number of nitrogens with zero attached hydrogens (tertiary/aromatic N) is 4. The molecule has 1 saturated carbocycles. The molecule has 5 nitrogen and oxygen atoms in total. The molecule has 0 atom stereocenters. The van der Waals surface area contributed by atoms with Crippen LogP contribution in [0.1, 0.15) is 25.3 Å². The third kappa shape index (κ3) is 1.50. The first-order chi connectivity index (χ1) is 8.15. The summed E-state index contributed by atoms with van der Waals surface area (Å²) in [7, 11) is 0. The molecule has 1 N–H and O–H groups in total. The van der Waals surface area contributed by atoms with Gasteiger partial charge in [-0.05, 0) is 19.8 Å². The minimum absolute atomic E-state index is 0.109. The van der Waals surface area contributed by atoms with Gasteiger partial charge in [-0.1, -0.05) is 16.8 Å². The van der Waals surface area contributed by atoms with E-state index in [2.05, 4.69) is 26.6 Å². The predicted molar refractivity (Wildman–Crippen MR) is 64.8 cm³/mol. The first-order valence-electron chi connectivity index (χ1n) is 5.35. The monoisotopic (exact) mass is 250 g/mol. The summed E-state index contributed by atoms with van der Waals surface area (Å²) >= 11 is 6.07. The molecule has 0 bridgehead atoms. The molecule has 2 heterocycles. The molecule has 0 saturated heterocycles. The van der Waals surface area contributed by atoms with Gasteiger partial charge in [0.15, 0.2) is 0 Å². The maximum absolute atomic E-state index is 8.67. The minimum Gasteiger partial charge on any atom is -0.411 e. The number of fused-ring (bicyclic) bond motifs is 1. The van der Waals surface area contributed by atoms with Crippen molar-refractivity contribution in [2.45, 2.75) is 25.3 Å². The van der Waals surface area contributed by atoms with Crippen molar-refractivity contribution in [1.29, 1.82) is 0 Å². The van der Waals surface area contributed by atoms with E-state index in [1.807, 2.05) is 6.20 Å². The van der Waals surface area contributed by atoms with Gasteiger partial charge in [0, 0.05) is 17.3 Å². The Morgan fingerprint density at radius 2 is 2.29 bits per heavy atom. The van der Waals surface area contributed by atoms with E-state index < -0.39 is 0 Å². The molecule has 1 aliphatic carbocycles. The van der Waals surface area contributed by atoms with E-state index in [0.717, 1.165) is 29.4 Å². The Bertz CT molecular complexity index is 615. The van der Waals surface area contributed by atoms with E-state index >= 15 is 0 Å². The fourth-order valence-corrected chi connectivity index (χ4v) is 2.28. The molecule has 0 aromatic carbocycles. The molecule has 1 fully saturated rings. The van der Waals surface area contributed by atoms with Crippen molar-refractivity contribution in [1.82, 2.24) is 14.5 Å². The summed E-state index contributed by atoms with van der Waals surface area (Å²) in [4.78, 5) is 8.24. The second-order valence-electron chi connectivity index (χ2n) is 4.56. The lowest BCUT2D eigenvalue weighted by Crippen LogP contribution is -2.11. The van der Waals surface area contributed by atoms with Crippen LogP contribution < -0.4 is 0 Å². The number of oxime groups is 1. The lowest BCUT2D eigenvalue weighted by molar-refractivity contribution is 0.322. The van der Waals surface area contributed by atoms with E-state index in [9.17, 15) is 0 Å². The first kappa shape index (κ1) is 10.5.